The van der Waals surface area contributed by atoms with Crippen LogP contribution in [0.4, 0.5) is 5.69 Å². The van der Waals surface area contributed by atoms with Crippen LogP contribution in [0, 0.1) is 0 Å². The summed E-state index contributed by atoms with van der Waals surface area (Å²) in [6.45, 7) is 0.810. The van der Waals surface area contributed by atoms with Crippen LogP contribution in [0.15, 0.2) is 24.3 Å². The highest BCUT2D eigenvalue weighted by molar-refractivity contribution is 5.90. The lowest BCUT2D eigenvalue weighted by atomic mass is 10.1. The molecule has 0 bridgehead atoms. The third-order valence-corrected chi connectivity index (χ3v) is 3.16. The Balaban J connectivity index is 2.16. The molecule has 1 aromatic carbocycles. The average molecular weight is 292 g/mol. The zero-order valence-electron chi connectivity index (χ0n) is 12.5. The predicted molar refractivity (Wildman–Crippen MR) is 83.2 cm³/mol. The Bertz CT molecular complexity index is 443. The zero-order chi connectivity index (χ0) is 15.5. The van der Waals surface area contributed by atoms with Gasteiger partial charge in [0.25, 0.3) is 0 Å². The second-order valence-corrected chi connectivity index (χ2v) is 5.08. The highest BCUT2D eigenvalue weighted by Gasteiger charge is 2.03. The van der Waals surface area contributed by atoms with E-state index in [1.54, 1.807) is 0 Å². The third-order valence-electron chi connectivity index (χ3n) is 3.16. The van der Waals surface area contributed by atoms with Crippen LogP contribution < -0.4 is 10.6 Å². The van der Waals surface area contributed by atoms with E-state index < -0.39 is 5.97 Å². The van der Waals surface area contributed by atoms with Crippen molar-refractivity contribution < 1.29 is 14.7 Å². The SMILES string of the molecule is CNCc1ccc(NC(=O)CCCCCCC(=O)O)cc1. The van der Waals surface area contributed by atoms with Crippen LogP contribution in [0.25, 0.3) is 0 Å². The Labute approximate surface area is 125 Å². The van der Waals surface area contributed by atoms with Crippen LogP contribution >= 0.6 is 0 Å². The number of unbranched alkanes of at least 4 members (excludes halogenated alkanes) is 3. The number of carbonyl (C=O) groups is 2. The summed E-state index contributed by atoms with van der Waals surface area (Å²) in [6, 6.07) is 7.77. The Kier molecular flexibility index (Phi) is 8.12. The summed E-state index contributed by atoms with van der Waals surface area (Å²) in [5.74, 6) is -0.746. The minimum atomic E-state index is -0.755. The van der Waals surface area contributed by atoms with E-state index in [1.807, 2.05) is 31.3 Å². The molecule has 0 fully saturated rings. The minimum Gasteiger partial charge on any atom is -0.481 e. The number of hydrogen-bond donors (Lipinski definition) is 3. The molecule has 1 aromatic rings. The Morgan fingerprint density at radius 2 is 1.62 bits per heavy atom. The van der Waals surface area contributed by atoms with E-state index in [1.165, 1.54) is 5.56 Å². The van der Waals surface area contributed by atoms with Crippen LogP contribution in [0.3, 0.4) is 0 Å². The first-order valence-electron chi connectivity index (χ1n) is 7.37. The van der Waals surface area contributed by atoms with Crippen molar-refractivity contribution in [2.24, 2.45) is 0 Å². The van der Waals surface area contributed by atoms with Crippen LogP contribution in [0.1, 0.15) is 44.1 Å². The van der Waals surface area contributed by atoms with Gasteiger partial charge in [-0.2, -0.15) is 0 Å². The maximum atomic E-state index is 11.7. The van der Waals surface area contributed by atoms with Gasteiger partial charge in [-0.1, -0.05) is 25.0 Å². The molecular weight excluding hydrogens is 268 g/mol. The van der Waals surface area contributed by atoms with Crippen molar-refractivity contribution in [1.82, 2.24) is 5.32 Å². The van der Waals surface area contributed by atoms with E-state index >= 15 is 0 Å². The lowest BCUT2D eigenvalue weighted by Crippen LogP contribution is -2.11. The minimum absolute atomic E-state index is 0.00889. The number of carbonyl (C=O) groups excluding carboxylic acids is 1. The molecule has 0 aliphatic rings. The molecule has 116 valence electrons. The van der Waals surface area contributed by atoms with E-state index in [9.17, 15) is 9.59 Å². The maximum Gasteiger partial charge on any atom is 0.303 e. The van der Waals surface area contributed by atoms with Crippen molar-refractivity contribution in [3.63, 3.8) is 0 Å². The van der Waals surface area contributed by atoms with Crippen LogP contribution in [0.5, 0.6) is 0 Å². The molecule has 21 heavy (non-hydrogen) atoms. The number of carboxylic acids is 1. The van der Waals surface area contributed by atoms with Gasteiger partial charge < -0.3 is 15.7 Å². The van der Waals surface area contributed by atoms with Gasteiger partial charge in [0.2, 0.25) is 5.91 Å². The number of hydrogen-bond acceptors (Lipinski definition) is 3. The second-order valence-electron chi connectivity index (χ2n) is 5.08. The van der Waals surface area contributed by atoms with Gasteiger partial charge >= 0.3 is 5.97 Å². The Morgan fingerprint density at radius 3 is 2.19 bits per heavy atom. The molecule has 0 saturated carbocycles. The molecule has 0 unspecified atom stereocenters. The first-order valence-corrected chi connectivity index (χ1v) is 7.37. The van der Waals surface area contributed by atoms with Crippen molar-refractivity contribution in [3.8, 4) is 0 Å². The molecule has 0 aliphatic heterocycles. The number of nitrogens with one attached hydrogen (secondary N) is 2. The van der Waals surface area contributed by atoms with Crippen LogP contribution in [0.2, 0.25) is 0 Å². The molecule has 0 aliphatic carbocycles. The second kappa shape index (κ2) is 9.94. The molecule has 5 heteroatoms. The molecule has 5 nitrogen and oxygen atoms in total. The van der Waals surface area contributed by atoms with E-state index in [4.69, 9.17) is 5.11 Å². The fourth-order valence-corrected chi connectivity index (χ4v) is 2.05. The Morgan fingerprint density at radius 1 is 1.00 bits per heavy atom. The normalized spacial score (nSPS) is 10.3. The molecule has 1 rings (SSSR count). The molecule has 0 radical (unpaired) electrons. The molecule has 0 aromatic heterocycles. The molecule has 0 heterocycles. The van der Waals surface area contributed by atoms with Crippen LogP contribution in [-0.4, -0.2) is 24.0 Å². The number of benzene rings is 1. The summed E-state index contributed by atoms with van der Waals surface area (Å²) >= 11 is 0. The van der Waals surface area contributed by atoms with Crippen molar-refractivity contribution in [3.05, 3.63) is 29.8 Å². The largest absolute Gasteiger partial charge is 0.481 e. The Hall–Kier alpha value is -1.88. The molecule has 0 spiro atoms. The molecule has 0 atom stereocenters. The number of amides is 1. The quantitative estimate of drug-likeness (QED) is 0.579. The fourth-order valence-electron chi connectivity index (χ4n) is 2.05. The highest BCUT2D eigenvalue weighted by atomic mass is 16.4. The lowest BCUT2D eigenvalue weighted by molar-refractivity contribution is -0.137. The van der Waals surface area contributed by atoms with Gasteiger partial charge in [0.05, 0.1) is 0 Å². The summed E-state index contributed by atoms with van der Waals surface area (Å²) < 4.78 is 0. The van der Waals surface area contributed by atoms with Gasteiger partial charge in [-0.3, -0.25) is 9.59 Å². The highest BCUT2D eigenvalue weighted by Crippen LogP contribution is 2.11. The third kappa shape index (κ3) is 8.09. The zero-order valence-corrected chi connectivity index (χ0v) is 12.5. The summed E-state index contributed by atoms with van der Waals surface area (Å²) in [7, 11) is 1.89. The van der Waals surface area contributed by atoms with Crippen molar-refractivity contribution in [2.75, 3.05) is 12.4 Å². The molecule has 3 N–H and O–H groups in total. The number of rotatable bonds is 10. The standard InChI is InChI=1S/C16H24N2O3/c1-17-12-13-8-10-14(11-9-13)18-15(19)6-4-2-3-5-7-16(20)21/h8-11,17H,2-7,12H2,1H3,(H,18,19)(H,20,21). The van der Waals surface area contributed by atoms with Gasteiger partial charge in [-0.15, -0.1) is 0 Å². The number of carboxylic acid groups (broad SMARTS) is 1. The topological polar surface area (TPSA) is 78.4 Å². The van der Waals surface area contributed by atoms with E-state index in [2.05, 4.69) is 10.6 Å². The lowest BCUT2D eigenvalue weighted by Gasteiger charge is -2.06. The summed E-state index contributed by atoms with van der Waals surface area (Å²) in [4.78, 5) is 22.1. The van der Waals surface area contributed by atoms with Gasteiger partial charge in [0.1, 0.15) is 0 Å². The molecular formula is C16H24N2O3. The van der Waals surface area contributed by atoms with Gasteiger partial charge in [0.15, 0.2) is 0 Å². The summed E-state index contributed by atoms with van der Waals surface area (Å²) in [5.41, 5.74) is 1.99. The van der Waals surface area contributed by atoms with Crippen molar-refractivity contribution in [2.45, 2.75) is 45.1 Å². The van der Waals surface area contributed by atoms with E-state index in [0.29, 0.717) is 12.8 Å². The summed E-state index contributed by atoms with van der Waals surface area (Å²) in [6.07, 6.45) is 3.92. The van der Waals surface area contributed by atoms with E-state index in [0.717, 1.165) is 31.5 Å². The fraction of sp³-hybridized carbons (Fsp3) is 0.500. The first kappa shape index (κ1) is 17.2. The summed E-state index contributed by atoms with van der Waals surface area (Å²) in [5, 5.41) is 14.4. The van der Waals surface area contributed by atoms with Crippen molar-refractivity contribution in [1.29, 1.82) is 0 Å². The smallest absolute Gasteiger partial charge is 0.303 e. The predicted octanol–water partition coefficient (Wildman–Crippen LogP) is 2.77. The average Bonchev–Trinajstić information content (AvgIpc) is 2.45. The molecule has 0 saturated heterocycles. The van der Waals surface area contributed by atoms with E-state index in [-0.39, 0.29) is 12.3 Å². The van der Waals surface area contributed by atoms with Crippen molar-refractivity contribution >= 4 is 17.6 Å². The number of anilines is 1. The van der Waals surface area contributed by atoms with Gasteiger partial charge in [0, 0.05) is 25.1 Å². The van der Waals surface area contributed by atoms with Gasteiger partial charge in [-0.25, -0.2) is 0 Å². The molecule has 1 amide bonds. The monoisotopic (exact) mass is 292 g/mol. The maximum absolute atomic E-state index is 11.7. The van der Waals surface area contributed by atoms with Gasteiger partial charge in [-0.05, 0) is 37.6 Å². The first-order chi connectivity index (χ1) is 10.1. The number of aliphatic carboxylic acids is 1. The van der Waals surface area contributed by atoms with Crippen LogP contribution in [-0.2, 0) is 16.1 Å².